The molecule has 1 aromatic carbocycles. The predicted octanol–water partition coefficient (Wildman–Crippen LogP) is 1.10. The number of nitrogens with one attached hydrogen (secondary N) is 1. The van der Waals surface area contributed by atoms with Gasteiger partial charge in [-0.2, -0.15) is 12.7 Å². The molecule has 6 nitrogen and oxygen atoms in total. The van der Waals surface area contributed by atoms with E-state index in [9.17, 15) is 13.2 Å². The van der Waals surface area contributed by atoms with Crippen molar-refractivity contribution in [2.75, 3.05) is 13.1 Å². The summed E-state index contributed by atoms with van der Waals surface area (Å²) < 4.78 is 23.9. The first-order chi connectivity index (χ1) is 10.9. The Hall–Kier alpha value is -1.44. The fourth-order valence-electron chi connectivity index (χ4n) is 3.57. The van der Waals surface area contributed by atoms with E-state index in [1.807, 2.05) is 12.1 Å². The first kappa shape index (κ1) is 16.4. The van der Waals surface area contributed by atoms with Gasteiger partial charge in [-0.05, 0) is 43.2 Å². The van der Waals surface area contributed by atoms with Gasteiger partial charge < -0.3 is 5.32 Å². The molecule has 126 valence electrons. The molecule has 1 aromatic rings. The van der Waals surface area contributed by atoms with Crippen molar-refractivity contribution >= 4 is 16.1 Å². The minimum atomic E-state index is -3.64. The van der Waals surface area contributed by atoms with Gasteiger partial charge in [-0.15, -0.1) is 0 Å². The molecule has 1 aliphatic heterocycles. The topological polar surface area (TPSA) is 92.5 Å². The molecule has 1 fully saturated rings. The maximum Gasteiger partial charge on any atom is 0.276 e. The molecule has 0 radical (unpaired) electrons. The van der Waals surface area contributed by atoms with Crippen LogP contribution in [0.25, 0.3) is 0 Å². The highest BCUT2D eigenvalue weighted by Crippen LogP contribution is 2.30. The first-order valence-electron chi connectivity index (χ1n) is 8.11. The molecule has 0 bridgehead atoms. The smallest absolute Gasteiger partial charge is 0.276 e. The number of rotatable bonds is 3. The van der Waals surface area contributed by atoms with Crippen LogP contribution in [0.4, 0.5) is 0 Å². The monoisotopic (exact) mass is 337 g/mol. The van der Waals surface area contributed by atoms with Crippen molar-refractivity contribution in [1.82, 2.24) is 9.62 Å². The summed E-state index contributed by atoms with van der Waals surface area (Å²) in [6, 6.07) is 8.32. The van der Waals surface area contributed by atoms with E-state index in [-0.39, 0.29) is 17.9 Å². The maximum absolute atomic E-state index is 12.5. The van der Waals surface area contributed by atoms with Crippen LogP contribution in [-0.4, -0.2) is 31.7 Å². The van der Waals surface area contributed by atoms with Crippen LogP contribution in [0.5, 0.6) is 0 Å². The number of nitrogens with two attached hydrogens (primary N) is 1. The summed E-state index contributed by atoms with van der Waals surface area (Å²) in [5.41, 5.74) is 2.53. The van der Waals surface area contributed by atoms with Crippen molar-refractivity contribution in [3.05, 3.63) is 35.4 Å². The van der Waals surface area contributed by atoms with Gasteiger partial charge in [-0.3, -0.25) is 4.79 Å². The van der Waals surface area contributed by atoms with Crippen LogP contribution in [0.15, 0.2) is 24.3 Å². The highest BCUT2D eigenvalue weighted by atomic mass is 32.2. The van der Waals surface area contributed by atoms with E-state index in [1.165, 1.54) is 15.4 Å². The molecule has 0 aromatic heterocycles. The number of aryl methyl sites for hydroxylation is 1. The van der Waals surface area contributed by atoms with Gasteiger partial charge in [0, 0.05) is 19.0 Å². The highest BCUT2D eigenvalue weighted by Gasteiger charge is 2.31. The van der Waals surface area contributed by atoms with Crippen LogP contribution >= 0.6 is 0 Å². The number of hydrogen-bond donors (Lipinski definition) is 2. The summed E-state index contributed by atoms with van der Waals surface area (Å²) in [7, 11) is -3.64. The standard InChI is InChI=1S/C16H23N3O3S/c17-23(21,22)19-10-8-13(9-11-19)16(20)18-15-7-3-5-12-4-1-2-6-14(12)15/h1-2,4,6,13,15H,3,5,7-11H2,(H,18,20)(H2,17,21,22)/t15-/m0/s1. The zero-order valence-electron chi connectivity index (χ0n) is 13.1. The second-order valence-corrected chi connectivity index (χ2v) is 7.92. The van der Waals surface area contributed by atoms with Crippen LogP contribution in [0.3, 0.4) is 0 Å². The summed E-state index contributed by atoms with van der Waals surface area (Å²) in [6.45, 7) is 0.635. The summed E-state index contributed by atoms with van der Waals surface area (Å²) >= 11 is 0. The SMILES string of the molecule is NS(=O)(=O)N1CCC(C(=O)N[C@H]2CCCc3ccccc32)CC1. The second kappa shape index (κ2) is 6.59. The van der Waals surface area contributed by atoms with Crippen molar-refractivity contribution in [3.8, 4) is 0 Å². The van der Waals surface area contributed by atoms with Gasteiger partial charge in [0.25, 0.3) is 10.2 Å². The van der Waals surface area contributed by atoms with Gasteiger partial charge in [0.1, 0.15) is 0 Å². The Labute approximate surface area is 137 Å². The molecule has 0 unspecified atom stereocenters. The molecule has 1 heterocycles. The van der Waals surface area contributed by atoms with E-state index < -0.39 is 10.2 Å². The lowest BCUT2D eigenvalue weighted by atomic mass is 9.87. The van der Waals surface area contributed by atoms with E-state index in [1.54, 1.807) is 0 Å². The summed E-state index contributed by atoms with van der Waals surface area (Å²) in [6.07, 6.45) is 4.15. The number of carbonyl (C=O) groups is 1. The minimum Gasteiger partial charge on any atom is -0.349 e. The van der Waals surface area contributed by atoms with Gasteiger partial charge >= 0.3 is 0 Å². The molecule has 1 aliphatic carbocycles. The fraction of sp³-hybridized carbons (Fsp3) is 0.562. The van der Waals surface area contributed by atoms with Crippen LogP contribution < -0.4 is 10.5 Å². The zero-order valence-corrected chi connectivity index (χ0v) is 13.9. The lowest BCUT2D eigenvalue weighted by Gasteiger charge is -2.32. The lowest BCUT2D eigenvalue weighted by Crippen LogP contribution is -2.46. The highest BCUT2D eigenvalue weighted by molar-refractivity contribution is 7.86. The molecule has 1 atom stereocenters. The zero-order chi connectivity index (χ0) is 16.4. The number of nitrogens with zero attached hydrogens (tertiary/aromatic N) is 1. The Morgan fingerprint density at radius 2 is 1.87 bits per heavy atom. The van der Waals surface area contributed by atoms with E-state index in [4.69, 9.17) is 5.14 Å². The van der Waals surface area contributed by atoms with Crippen molar-refractivity contribution in [3.63, 3.8) is 0 Å². The molecule has 0 spiro atoms. The minimum absolute atomic E-state index is 0.0285. The summed E-state index contributed by atoms with van der Waals surface area (Å²) in [4.78, 5) is 12.5. The van der Waals surface area contributed by atoms with Gasteiger partial charge in [-0.25, -0.2) is 5.14 Å². The first-order valence-corrected chi connectivity index (χ1v) is 9.61. The molecular formula is C16H23N3O3S. The van der Waals surface area contributed by atoms with Gasteiger partial charge in [0.15, 0.2) is 0 Å². The Bertz CT molecular complexity index is 682. The molecule has 0 saturated carbocycles. The van der Waals surface area contributed by atoms with Crippen LogP contribution in [0.2, 0.25) is 0 Å². The summed E-state index contributed by atoms with van der Waals surface area (Å²) in [5.74, 6) is -0.108. The van der Waals surface area contributed by atoms with Crippen LogP contribution in [0, 0.1) is 5.92 Å². The third-order valence-electron chi connectivity index (χ3n) is 4.87. The maximum atomic E-state index is 12.5. The molecule has 3 rings (SSSR count). The molecule has 1 saturated heterocycles. The lowest BCUT2D eigenvalue weighted by molar-refractivity contribution is -0.127. The molecule has 1 amide bonds. The number of carbonyl (C=O) groups excluding carboxylic acids is 1. The van der Waals surface area contributed by atoms with E-state index in [0.29, 0.717) is 25.9 Å². The third-order valence-corrected chi connectivity index (χ3v) is 5.96. The molecule has 7 heteroatoms. The molecule has 23 heavy (non-hydrogen) atoms. The number of benzene rings is 1. The molecule has 2 aliphatic rings. The van der Waals surface area contributed by atoms with Crippen LogP contribution in [0.1, 0.15) is 42.9 Å². The largest absolute Gasteiger partial charge is 0.349 e. The molecular weight excluding hydrogens is 314 g/mol. The fourth-order valence-corrected chi connectivity index (χ4v) is 4.29. The van der Waals surface area contributed by atoms with Crippen molar-refractivity contribution in [2.45, 2.75) is 38.1 Å². The van der Waals surface area contributed by atoms with E-state index >= 15 is 0 Å². The number of hydrogen-bond acceptors (Lipinski definition) is 3. The summed E-state index contributed by atoms with van der Waals surface area (Å²) in [5, 5.41) is 8.29. The normalized spacial score (nSPS) is 23.3. The Balaban J connectivity index is 1.61. The van der Waals surface area contributed by atoms with Crippen LogP contribution in [-0.2, 0) is 21.4 Å². The van der Waals surface area contributed by atoms with Crippen molar-refractivity contribution in [1.29, 1.82) is 0 Å². The van der Waals surface area contributed by atoms with E-state index in [0.717, 1.165) is 19.3 Å². The van der Waals surface area contributed by atoms with E-state index in [2.05, 4.69) is 17.4 Å². The third kappa shape index (κ3) is 3.73. The predicted molar refractivity (Wildman–Crippen MR) is 87.7 cm³/mol. The number of piperidine rings is 1. The number of amides is 1. The second-order valence-electron chi connectivity index (χ2n) is 6.37. The Kier molecular flexibility index (Phi) is 4.70. The van der Waals surface area contributed by atoms with Gasteiger partial charge in [-0.1, -0.05) is 24.3 Å². The van der Waals surface area contributed by atoms with Gasteiger partial charge in [0.05, 0.1) is 6.04 Å². The van der Waals surface area contributed by atoms with Crippen molar-refractivity contribution in [2.24, 2.45) is 11.1 Å². The average molecular weight is 337 g/mol. The molecule has 3 N–H and O–H groups in total. The van der Waals surface area contributed by atoms with Crippen molar-refractivity contribution < 1.29 is 13.2 Å². The Morgan fingerprint density at radius 3 is 2.57 bits per heavy atom. The van der Waals surface area contributed by atoms with Gasteiger partial charge in [0.2, 0.25) is 5.91 Å². The number of fused-ring (bicyclic) bond motifs is 1. The average Bonchev–Trinajstić information content (AvgIpc) is 2.54. The quantitative estimate of drug-likeness (QED) is 0.865. The Morgan fingerprint density at radius 1 is 1.17 bits per heavy atom.